The van der Waals surface area contributed by atoms with Gasteiger partial charge in [-0.15, -0.1) is 11.3 Å². The molecule has 1 amide bonds. The van der Waals surface area contributed by atoms with Gasteiger partial charge in [0, 0.05) is 61.3 Å². The summed E-state index contributed by atoms with van der Waals surface area (Å²) in [6, 6.07) is 1.01. The molecular formula is C19H15BrF3N7OS. The van der Waals surface area contributed by atoms with Crippen molar-refractivity contribution in [1.82, 2.24) is 29.5 Å². The third kappa shape index (κ3) is 3.64. The maximum atomic E-state index is 13.8. The Morgan fingerprint density at radius 3 is 2.59 bits per heavy atom. The fourth-order valence-electron chi connectivity index (χ4n) is 3.65. The van der Waals surface area contributed by atoms with Crippen molar-refractivity contribution in [3.63, 3.8) is 0 Å². The average molecular weight is 526 g/mol. The van der Waals surface area contributed by atoms with E-state index >= 15 is 0 Å². The Labute approximate surface area is 191 Å². The van der Waals surface area contributed by atoms with Crippen LogP contribution in [-0.2, 0) is 6.18 Å². The Hall–Kier alpha value is -2.93. The number of H-pyrrole nitrogens is 1. The van der Waals surface area contributed by atoms with Crippen LogP contribution in [0.1, 0.15) is 16.1 Å². The number of fused-ring (bicyclic) bond motifs is 1. The lowest BCUT2D eigenvalue weighted by Crippen LogP contribution is -2.49. The van der Waals surface area contributed by atoms with Crippen molar-refractivity contribution >= 4 is 44.0 Å². The molecule has 5 heterocycles. The summed E-state index contributed by atoms with van der Waals surface area (Å²) in [5.41, 5.74) is -0.523. The van der Waals surface area contributed by atoms with Crippen LogP contribution in [-0.4, -0.2) is 61.6 Å². The number of hydrogen-bond acceptors (Lipinski definition) is 6. The number of hydrogen-bond donors (Lipinski definition) is 1. The van der Waals surface area contributed by atoms with Gasteiger partial charge in [0.2, 0.25) is 0 Å². The number of halogens is 4. The molecule has 0 aromatic carbocycles. The Kier molecular flexibility index (Phi) is 5.16. The molecule has 0 spiro atoms. The first kappa shape index (κ1) is 20.9. The molecule has 8 nitrogen and oxygen atoms in total. The lowest BCUT2D eigenvalue weighted by molar-refractivity contribution is -0.136. The smallest absolute Gasteiger partial charge is 0.345 e. The minimum Gasteiger partial charge on any atom is -0.345 e. The van der Waals surface area contributed by atoms with Crippen molar-refractivity contribution in [2.45, 2.75) is 6.18 Å². The number of rotatable bonds is 3. The maximum Gasteiger partial charge on any atom is 0.420 e. The van der Waals surface area contributed by atoms with Crippen LogP contribution < -0.4 is 4.90 Å². The van der Waals surface area contributed by atoms with Crippen LogP contribution in [0.4, 0.5) is 18.3 Å². The Morgan fingerprint density at radius 1 is 1.19 bits per heavy atom. The summed E-state index contributed by atoms with van der Waals surface area (Å²) in [7, 11) is 0. The van der Waals surface area contributed by atoms with Gasteiger partial charge in [0.15, 0.2) is 16.5 Å². The number of anilines is 1. The SMILES string of the molecule is O=C(c1nc2c(C(F)(F)F)cc(-c3cn[nH]c3)cn2c1Br)N1CCN(c2nccs2)CC1. The highest BCUT2D eigenvalue weighted by Gasteiger charge is 2.36. The number of amides is 1. The number of aromatic nitrogens is 5. The summed E-state index contributed by atoms with van der Waals surface area (Å²) in [5, 5.41) is 9.16. The standard InChI is InChI=1S/C19H15BrF3N7OS/c20-15-14(17(31)28-2-4-29(5-3-28)18-24-1-6-32-18)27-16-13(19(21,22)23)7-11(10-30(15)16)12-8-25-26-9-12/h1,6-10H,2-5H2,(H,25,26). The fourth-order valence-corrected chi connectivity index (χ4v) is 4.88. The number of pyridine rings is 1. The minimum absolute atomic E-state index is 0.0532. The first-order valence-corrected chi connectivity index (χ1v) is 11.2. The van der Waals surface area contributed by atoms with E-state index < -0.39 is 17.6 Å². The number of alkyl halides is 3. The van der Waals surface area contributed by atoms with E-state index in [0.29, 0.717) is 37.3 Å². The Morgan fingerprint density at radius 2 is 1.97 bits per heavy atom. The minimum atomic E-state index is -4.65. The molecule has 1 aliphatic rings. The van der Waals surface area contributed by atoms with Crippen LogP contribution in [0.2, 0.25) is 0 Å². The van der Waals surface area contributed by atoms with E-state index in [-0.39, 0.29) is 15.9 Å². The predicted octanol–water partition coefficient (Wildman–Crippen LogP) is 3.92. The van der Waals surface area contributed by atoms with E-state index in [1.54, 1.807) is 11.1 Å². The second-order valence-corrected chi connectivity index (χ2v) is 8.79. The van der Waals surface area contributed by atoms with Crippen LogP contribution in [0.3, 0.4) is 0 Å². The molecule has 0 atom stereocenters. The monoisotopic (exact) mass is 525 g/mol. The molecule has 4 aromatic heterocycles. The average Bonchev–Trinajstić information content (AvgIpc) is 3.54. The van der Waals surface area contributed by atoms with Gasteiger partial charge in [0.25, 0.3) is 5.91 Å². The van der Waals surface area contributed by atoms with E-state index in [1.807, 2.05) is 5.38 Å². The van der Waals surface area contributed by atoms with Crippen LogP contribution in [0, 0.1) is 0 Å². The predicted molar refractivity (Wildman–Crippen MR) is 116 cm³/mol. The molecule has 5 rings (SSSR count). The van der Waals surface area contributed by atoms with Gasteiger partial charge in [-0.1, -0.05) is 0 Å². The molecule has 1 N–H and O–H groups in total. The quantitative estimate of drug-likeness (QED) is 0.438. The van der Waals surface area contributed by atoms with E-state index in [4.69, 9.17) is 0 Å². The number of thiazole rings is 1. The van der Waals surface area contributed by atoms with Crippen molar-refractivity contribution in [1.29, 1.82) is 0 Å². The Bertz CT molecular complexity index is 1260. The highest BCUT2D eigenvalue weighted by Crippen LogP contribution is 2.37. The van der Waals surface area contributed by atoms with Crippen LogP contribution in [0.5, 0.6) is 0 Å². The lowest BCUT2D eigenvalue weighted by atomic mass is 10.1. The van der Waals surface area contributed by atoms with Gasteiger partial charge in [-0.3, -0.25) is 14.3 Å². The third-order valence-electron chi connectivity index (χ3n) is 5.26. The number of piperazine rings is 1. The molecule has 1 fully saturated rings. The molecule has 0 aliphatic carbocycles. The van der Waals surface area contributed by atoms with Gasteiger partial charge in [-0.05, 0) is 22.0 Å². The van der Waals surface area contributed by atoms with Crippen molar-refractivity contribution in [3.05, 3.63) is 52.1 Å². The number of carbonyl (C=O) groups excluding carboxylic acids is 1. The summed E-state index contributed by atoms with van der Waals surface area (Å²) >= 11 is 4.82. The molecule has 1 aliphatic heterocycles. The van der Waals surface area contributed by atoms with Crippen molar-refractivity contribution in [3.8, 4) is 11.1 Å². The highest BCUT2D eigenvalue weighted by atomic mass is 79.9. The van der Waals surface area contributed by atoms with Crippen molar-refractivity contribution in [2.75, 3.05) is 31.1 Å². The first-order chi connectivity index (χ1) is 15.3. The summed E-state index contributed by atoms with van der Waals surface area (Å²) in [5.74, 6) is -0.419. The molecule has 0 bridgehead atoms. The van der Waals surface area contributed by atoms with Crippen LogP contribution in [0.25, 0.3) is 16.8 Å². The summed E-state index contributed by atoms with van der Waals surface area (Å²) in [4.78, 5) is 25.2. The van der Waals surface area contributed by atoms with Crippen LogP contribution in [0.15, 0.2) is 40.8 Å². The van der Waals surface area contributed by atoms with Gasteiger partial charge in [-0.25, -0.2) is 9.97 Å². The lowest BCUT2D eigenvalue weighted by Gasteiger charge is -2.34. The summed E-state index contributed by atoms with van der Waals surface area (Å²) in [6.07, 6.45) is 1.51. The topological polar surface area (TPSA) is 82.4 Å². The van der Waals surface area contributed by atoms with Gasteiger partial charge in [-0.2, -0.15) is 18.3 Å². The van der Waals surface area contributed by atoms with Crippen LogP contribution >= 0.6 is 27.3 Å². The molecule has 1 saturated heterocycles. The number of carbonyl (C=O) groups is 1. The van der Waals surface area contributed by atoms with Crippen molar-refractivity contribution in [2.24, 2.45) is 0 Å². The molecule has 166 valence electrons. The summed E-state index contributed by atoms with van der Waals surface area (Å²) in [6.45, 7) is 2.02. The number of nitrogens with one attached hydrogen (secondary N) is 1. The largest absolute Gasteiger partial charge is 0.420 e. The zero-order valence-electron chi connectivity index (χ0n) is 16.3. The van der Waals surface area contributed by atoms with Gasteiger partial charge in [0.05, 0.1) is 11.8 Å². The second-order valence-electron chi connectivity index (χ2n) is 7.17. The molecule has 13 heteroatoms. The fraction of sp³-hybridized carbons (Fsp3) is 0.263. The number of imidazole rings is 1. The number of nitrogens with zero attached hydrogens (tertiary/aromatic N) is 6. The van der Waals surface area contributed by atoms with Gasteiger partial charge in [0.1, 0.15) is 4.60 Å². The normalized spacial score (nSPS) is 15.0. The van der Waals surface area contributed by atoms with Gasteiger partial charge < -0.3 is 9.80 Å². The van der Waals surface area contributed by atoms with Crippen molar-refractivity contribution < 1.29 is 18.0 Å². The second kappa shape index (κ2) is 7.89. The van der Waals surface area contributed by atoms with Gasteiger partial charge >= 0.3 is 6.18 Å². The highest BCUT2D eigenvalue weighted by molar-refractivity contribution is 9.10. The van der Waals surface area contributed by atoms with E-state index in [0.717, 1.165) is 11.2 Å². The first-order valence-electron chi connectivity index (χ1n) is 9.54. The third-order valence-corrected chi connectivity index (χ3v) is 6.85. The van der Waals surface area contributed by atoms with E-state index in [1.165, 1.54) is 34.3 Å². The zero-order valence-corrected chi connectivity index (χ0v) is 18.7. The molecule has 0 radical (unpaired) electrons. The molecular weight excluding hydrogens is 511 g/mol. The van der Waals surface area contributed by atoms with E-state index in [2.05, 4.69) is 41.0 Å². The Balaban J connectivity index is 1.49. The summed E-state index contributed by atoms with van der Waals surface area (Å²) < 4.78 is 42.9. The maximum absolute atomic E-state index is 13.8. The molecule has 4 aromatic rings. The molecule has 0 unspecified atom stereocenters. The molecule has 32 heavy (non-hydrogen) atoms. The van der Waals surface area contributed by atoms with E-state index in [9.17, 15) is 18.0 Å². The number of aromatic amines is 1. The zero-order chi connectivity index (χ0) is 22.5. The molecule has 0 saturated carbocycles.